The van der Waals surface area contributed by atoms with Crippen LogP contribution in [0.15, 0.2) is 65.8 Å². The monoisotopic (exact) mass is 507 g/mol. The molecule has 5 aromatic rings. The van der Waals surface area contributed by atoms with Gasteiger partial charge in [0.05, 0.1) is 24.0 Å². The molecule has 1 amide bonds. The number of nitrogens with zero attached hydrogens (tertiary/aromatic N) is 3. The highest BCUT2D eigenvalue weighted by Gasteiger charge is 2.16. The maximum atomic E-state index is 13.7. The quantitative estimate of drug-likeness (QED) is 0.328. The largest absolute Gasteiger partial charge is 0.612 e. The van der Waals surface area contributed by atoms with Gasteiger partial charge in [0, 0.05) is 39.7 Å². The van der Waals surface area contributed by atoms with Gasteiger partial charge in [0.2, 0.25) is 0 Å². The number of aromatic nitrogens is 4. The number of halogens is 2. The predicted octanol–water partition coefficient (Wildman–Crippen LogP) is 4.56. The normalized spacial score (nSPS) is 12.2. The minimum atomic E-state index is -1.31. The molecule has 5 rings (SSSR count). The highest BCUT2D eigenvalue weighted by molar-refractivity contribution is 7.91. The van der Waals surface area contributed by atoms with E-state index in [1.54, 1.807) is 48.9 Å². The lowest BCUT2D eigenvalue weighted by Crippen LogP contribution is -2.23. The zero-order chi connectivity index (χ0) is 24.5. The Morgan fingerprint density at radius 3 is 2.86 bits per heavy atom. The van der Waals surface area contributed by atoms with Gasteiger partial charge in [-0.15, -0.1) is 0 Å². The number of carbonyl (C=O) groups excluding carboxylic acids is 1. The third kappa shape index (κ3) is 4.97. The van der Waals surface area contributed by atoms with Crippen LogP contribution in [0.3, 0.4) is 0 Å². The summed E-state index contributed by atoms with van der Waals surface area (Å²) in [7, 11) is 0. The molecule has 0 radical (unpaired) electrons. The molecule has 0 fully saturated rings. The summed E-state index contributed by atoms with van der Waals surface area (Å²) in [5, 5.41) is 12.1. The van der Waals surface area contributed by atoms with Crippen molar-refractivity contribution in [2.45, 2.75) is 17.9 Å². The van der Waals surface area contributed by atoms with Crippen LogP contribution in [0.1, 0.15) is 27.3 Å². The van der Waals surface area contributed by atoms with E-state index in [2.05, 4.69) is 25.5 Å². The molecule has 10 heteroatoms. The fourth-order valence-electron chi connectivity index (χ4n) is 3.94. The van der Waals surface area contributed by atoms with E-state index in [1.165, 1.54) is 6.07 Å². The van der Waals surface area contributed by atoms with Crippen LogP contribution in [-0.4, -0.2) is 36.9 Å². The zero-order valence-corrected chi connectivity index (χ0v) is 20.1. The second-order valence-electron chi connectivity index (χ2n) is 8.03. The lowest BCUT2D eigenvalue weighted by atomic mass is 10.0. The smallest absolute Gasteiger partial charge is 0.251 e. The number of hydrogen-bond donors (Lipinski definition) is 2. The number of hydrogen-bond acceptors (Lipinski definition) is 5. The van der Waals surface area contributed by atoms with Gasteiger partial charge >= 0.3 is 0 Å². The third-order valence-electron chi connectivity index (χ3n) is 5.57. The van der Waals surface area contributed by atoms with E-state index in [9.17, 15) is 13.7 Å². The fourth-order valence-corrected chi connectivity index (χ4v) is 4.87. The Morgan fingerprint density at radius 2 is 2.03 bits per heavy atom. The van der Waals surface area contributed by atoms with E-state index < -0.39 is 17.0 Å². The summed E-state index contributed by atoms with van der Waals surface area (Å²) in [5.74, 6) is -0.738. The van der Waals surface area contributed by atoms with Gasteiger partial charge in [-0.05, 0) is 65.3 Å². The third-order valence-corrected chi connectivity index (χ3v) is 6.73. The maximum absolute atomic E-state index is 13.7. The van der Waals surface area contributed by atoms with Gasteiger partial charge < -0.3 is 9.87 Å². The number of nitrogens with one attached hydrogen (secondary N) is 2. The van der Waals surface area contributed by atoms with Gasteiger partial charge in [-0.25, -0.2) is 9.37 Å². The number of aromatic amines is 1. The molecule has 0 aliphatic carbocycles. The van der Waals surface area contributed by atoms with Gasteiger partial charge in [0.1, 0.15) is 17.6 Å². The summed E-state index contributed by atoms with van der Waals surface area (Å²) >= 11 is 4.78. The van der Waals surface area contributed by atoms with E-state index in [1.807, 2.05) is 6.07 Å². The Labute approximate surface area is 207 Å². The highest BCUT2D eigenvalue weighted by atomic mass is 35.5. The van der Waals surface area contributed by atoms with Crippen LogP contribution in [0, 0.1) is 5.82 Å². The number of benzene rings is 2. The minimum Gasteiger partial charge on any atom is -0.612 e. The standard InChI is InChI=1S/C25H19ClFN5O2S/c1-35(34)23-8-14(6-16-9-18(27)12-29-24(16)23)7-19-10-15(4-5-28-19)25(33)30-13-22-20-11-17(26)2-3-21(20)31-32-22/h2-6,8-12H,7,13H2,1H3,(H,30,33)(H,31,32). The minimum absolute atomic E-state index is 0.228. The molecule has 3 aromatic heterocycles. The lowest BCUT2D eigenvalue weighted by Gasteiger charge is -2.11. The van der Waals surface area contributed by atoms with Gasteiger partial charge in [-0.3, -0.25) is 14.9 Å². The van der Waals surface area contributed by atoms with E-state index in [0.717, 1.165) is 22.7 Å². The van der Waals surface area contributed by atoms with Crippen LogP contribution in [0.5, 0.6) is 0 Å². The number of H-pyrrole nitrogens is 1. The van der Waals surface area contributed by atoms with E-state index in [0.29, 0.717) is 44.2 Å². The number of pyridine rings is 2. The van der Waals surface area contributed by atoms with Crippen LogP contribution in [0.2, 0.25) is 5.02 Å². The number of fused-ring (bicyclic) bond motifs is 2. The van der Waals surface area contributed by atoms with Gasteiger partial charge in [0.25, 0.3) is 5.91 Å². The molecular formula is C25H19ClFN5O2S. The van der Waals surface area contributed by atoms with Crippen molar-refractivity contribution in [1.82, 2.24) is 25.5 Å². The zero-order valence-electron chi connectivity index (χ0n) is 18.5. The van der Waals surface area contributed by atoms with E-state index in [-0.39, 0.29) is 12.5 Å². The molecule has 2 N–H and O–H groups in total. The maximum Gasteiger partial charge on any atom is 0.251 e. The SMILES string of the molecule is C[S+]([O-])c1cc(Cc2cc(C(=O)NCc3n[nH]c4ccc(Cl)cc34)ccn2)cc2cc(F)cnc12. The van der Waals surface area contributed by atoms with Crippen LogP contribution in [-0.2, 0) is 24.1 Å². The second-order valence-corrected chi connectivity index (χ2v) is 9.81. The molecule has 1 atom stereocenters. The Morgan fingerprint density at radius 1 is 1.17 bits per heavy atom. The van der Waals surface area contributed by atoms with Crippen molar-refractivity contribution in [1.29, 1.82) is 0 Å². The van der Waals surface area contributed by atoms with Crippen LogP contribution < -0.4 is 5.32 Å². The Balaban J connectivity index is 1.35. The van der Waals surface area contributed by atoms with Crippen molar-refractivity contribution in [3.8, 4) is 0 Å². The highest BCUT2D eigenvalue weighted by Crippen LogP contribution is 2.25. The number of amides is 1. The van der Waals surface area contributed by atoms with Crippen LogP contribution in [0.4, 0.5) is 4.39 Å². The van der Waals surface area contributed by atoms with Gasteiger partial charge in [-0.2, -0.15) is 5.10 Å². The molecule has 0 saturated carbocycles. The molecule has 176 valence electrons. The fraction of sp³-hybridized carbons (Fsp3) is 0.120. The molecule has 0 aliphatic heterocycles. The van der Waals surface area contributed by atoms with Gasteiger partial charge in [0.15, 0.2) is 4.90 Å². The first-order chi connectivity index (χ1) is 16.9. The van der Waals surface area contributed by atoms with E-state index in [4.69, 9.17) is 11.6 Å². The van der Waals surface area contributed by atoms with Gasteiger partial charge in [-0.1, -0.05) is 11.6 Å². The average Bonchev–Trinajstić information content (AvgIpc) is 3.23. The Kier molecular flexibility index (Phi) is 6.38. The van der Waals surface area contributed by atoms with Crippen molar-refractivity contribution in [3.63, 3.8) is 0 Å². The van der Waals surface area contributed by atoms with Crippen molar-refractivity contribution >= 4 is 50.5 Å². The molecule has 0 aliphatic rings. The first-order valence-electron chi connectivity index (χ1n) is 10.6. The number of carbonyl (C=O) groups is 1. The summed E-state index contributed by atoms with van der Waals surface area (Å²) in [5.41, 5.74) is 3.90. The summed E-state index contributed by atoms with van der Waals surface area (Å²) in [4.78, 5) is 21.8. The Hall–Kier alpha value is -3.53. The molecule has 0 saturated heterocycles. The summed E-state index contributed by atoms with van der Waals surface area (Å²) in [6, 6.07) is 13.7. The van der Waals surface area contributed by atoms with Crippen LogP contribution in [0.25, 0.3) is 21.8 Å². The molecule has 35 heavy (non-hydrogen) atoms. The summed E-state index contributed by atoms with van der Waals surface area (Å²) in [6.45, 7) is 0.228. The Bertz CT molecular complexity index is 1570. The summed E-state index contributed by atoms with van der Waals surface area (Å²) in [6.07, 6.45) is 4.61. The molecule has 0 spiro atoms. The van der Waals surface area contributed by atoms with Crippen molar-refractivity contribution in [2.75, 3.05) is 6.26 Å². The molecule has 3 heterocycles. The molecular weight excluding hydrogens is 489 g/mol. The van der Waals surface area contributed by atoms with Crippen molar-refractivity contribution < 1.29 is 13.7 Å². The molecule has 2 aromatic carbocycles. The van der Waals surface area contributed by atoms with Crippen molar-refractivity contribution in [3.05, 3.63) is 94.3 Å². The first kappa shape index (κ1) is 23.2. The molecule has 1 unspecified atom stereocenters. The first-order valence-corrected chi connectivity index (χ1v) is 12.6. The lowest BCUT2D eigenvalue weighted by molar-refractivity contribution is 0.0950. The topological polar surface area (TPSA) is 107 Å². The van der Waals surface area contributed by atoms with Crippen molar-refractivity contribution in [2.24, 2.45) is 0 Å². The van der Waals surface area contributed by atoms with E-state index >= 15 is 0 Å². The molecule has 7 nitrogen and oxygen atoms in total. The molecule has 0 bridgehead atoms. The number of rotatable bonds is 6. The van der Waals surface area contributed by atoms with Crippen LogP contribution >= 0.6 is 11.6 Å². The summed E-state index contributed by atoms with van der Waals surface area (Å²) < 4.78 is 26.0. The predicted molar refractivity (Wildman–Crippen MR) is 133 cm³/mol. The second kappa shape index (κ2) is 9.61. The average molecular weight is 508 g/mol.